The number of benzene rings is 2. The number of rotatable bonds is 6. The van der Waals surface area contributed by atoms with Crippen molar-refractivity contribution in [2.45, 2.75) is 6.61 Å². The van der Waals surface area contributed by atoms with E-state index in [2.05, 4.69) is 5.32 Å². The first-order valence-electron chi connectivity index (χ1n) is 8.36. The molecule has 1 amide bonds. The Morgan fingerprint density at radius 1 is 1.14 bits per heavy atom. The molecule has 0 aliphatic carbocycles. The number of halogens is 1. The number of fused-ring (bicyclic) bond motifs is 1. The van der Waals surface area contributed by atoms with E-state index in [1.165, 1.54) is 24.3 Å². The highest BCUT2D eigenvalue weighted by Gasteiger charge is 2.17. The van der Waals surface area contributed by atoms with E-state index in [9.17, 15) is 14.9 Å². The minimum absolute atomic E-state index is 0.0110. The van der Waals surface area contributed by atoms with Crippen LogP contribution in [0.3, 0.4) is 0 Å². The van der Waals surface area contributed by atoms with Gasteiger partial charge < -0.3 is 23.9 Å². The van der Waals surface area contributed by atoms with Crippen molar-refractivity contribution in [3.8, 4) is 17.2 Å². The monoisotopic (exact) mass is 416 g/mol. The number of hydrogen-bond acceptors (Lipinski definition) is 7. The molecule has 1 N–H and O–H groups in total. The summed E-state index contributed by atoms with van der Waals surface area (Å²) in [6.07, 6.45) is 0. The summed E-state index contributed by atoms with van der Waals surface area (Å²) in [6, 6.07) is 12.0. The quantitative estimate of drug-likeness (QED) is 0.468. The molecule has 148 valence electrons. The molecule has 0 radical (unpaired) electrons. The van der Waals surface area contributed by atoms with Crippen LogP contribution in [0.5, 0.6) is 17.2 Å². The fraction of sp³-hybridized carbons (Fsp3) is 0.105. The maximum Gasteiger partial charge on any atom is 0.291 e. The Morgan fingerprint density at radius 3 is 2.79 bits per heavy atom. The van der Waals surface area contributed by atoms with Gasteiger partial charge in [-0.1, -0.05) is 11.6 Å². The largest absolute Gasteiger partial charge is 0.486 e. The van der Waals surface area contributed by atoms with Gasteiger partial charge in [0.15, 0.2) is 17.3 Å². The molecule has 0 bridgehead atoms. The predicted molar refractivity (Wildman–Crippen MR) is 102 cm³/mol. The molecule has 0 fully saturated rings. The average molecular weight is 417 g/mol. The number of hydrogen-bond donors (Lipinski definition) is 1. The van der Waals surface area contributed by atoms with Crippen molar-refractivity contribution in [3.05, 3.63) is 75.2 Å². The van der Waals surface area contributed by atoms with Gasteiger partial charge in [-0.2, -0.15) is 0 Å². The van der Waals surface area contributed by atoms with E-state index in [0.29, 0.717) is 23.0 Å². The molecule has 29 heavy (non-hydrogen) atoms. The van der Waals surface area contributed by atoms with Gasteiger partial charge in [0.05, 0.1) is 15.6 Å². The fourth-order valence-corrected chi connectivity index (χ4v) is 2.77. The summed E-state index contributed by atoms with van der Waals surface area (Å²) in [7, 11) is 0. The van der Waals surface area contributed by atoms with Crippen molar-refractivity contribution >= 4 is 28.9 Å². The van der Waals surface area contributed by atoms with E-state index in [1.54, 1.807) is 24.3 Å². The van der Waals surface area contributed by atoms with Gasteiger partial charge >= 0.3 is 0 Å². The number of nitro groups is 1. The molecule has 0 saturated heterocycles. The van der Waals surface area contributed by atoms with Gasteiger partial charge in [0.2, 0.25) is 6.79 Å². The number of anilines is 1. The average Bonchev–Trinajstić information content (AvgIpc) is 3.36. The molecule has 2 heterocycles. The van der Waals surface area contributed by atoms with Gasteiger partial charge in [0.1, 0.15) is 18.1 Å². The van der Waals surface area contributed by atoms with Crippen molar-refractivity contribution < 1.29 is 28.3 Å². The van der Waals surface area contributed by atoms with E-state index < -0.39 is 10.8 Å². The zero-order valence-corrected chi connectivity index (χ0v) is 15.5. The fourth-order valence-electron chi connectivity index (χ4n) is 2.61. The zero-order valence-electron chi connectivity index (χ0n) is 14.7. The van der Waals surface area contributed by atoms with E-state index in [0.717, 1.165) is 0 Å². The highest BCUT2D eigenvalue weighted by molar-refractivity contribution is 6.34. The van der Waals surface area contributed by atoms with E-state index in [-0.39, 0.29) is 35.6 Å². The minimum atomic E-state index is -0.596. The summed E-state index contributed by atoms with van der Waals surface area (Å²) < 4.78 is 21.6. The molecule has 0 spiro atoms. The summed E-state index contributed by atoms with van der Waals surface area (Å²) in [6.45, 7) is 0.258. The van der Waals surface area contributed by atoms with Crippen LogP contribution in [0.15, 0.2) is 52.9 Å². The molecule has 0 atom stereocenters. The van der Waals surface area contributed by atoms with Crippen LogP contribution in [0.4, 0.5) is 11.4 Å². The Bertz CT molecular complexity index is 1100. The van der Waals surface area contributed by atoms with Crippen molar-refractivity contribution in [3.63, 3.8) is 0 Å². The lowest BCUT2D eigenvalue weighted by molar-refractivity contribution is -0.384. The number of non-ortho nitro benzene ring substituents is 1. The maximum absolute atomic E-state index is 12.4. The van der Waals surface area contributed by atoms with Crippen LogP contribution in [0.25, 0.3) is 0 Å². The first-order valence-corrected chi connectivity index (χ1v) is 8.74. The normalized spacial score (nSPS) is 11.9. The van der Waals surface area contributed by atoms with Gasteiger partial charge in [-0.15, -0.1) is 0 Å². The molecule has 0 saturated carbocycles. The number of carbonyl (C=O) groups excluding carboxylic acids is 1. The van der Waals surface area contributed by atoms with Gasteiger partial charge in [-0.25, -0.2) is 0 Å². The Hall–Kier alpha value is -3.72. The number of nitrogens with zero attached hydrogens (tertiary/aromatic N) is 1. The molecule has 2 aromatic carbocycles. The van der Waals surface area contributed by atoms with Gasteiger partial charge in [0, 0.05) is 18.2 Å². The number of carbonyl (C=O) groups is 1. The van der Waals surface area contributed by atoms with Crippen LogP contribution < -0.4 is 19.5 Å². The van der Waals surface area contributed by atoms with Crippen LogP contribution in [-0.4, -0.2) is 17.6 Å². The Labute approximate surface area is 168 Å². The van der Waals surface area contributed by atoms with Gasteiger partial charge in [-0.3, -0.25) is 14.9 Å². The van der Waals surface area contributed by atoms with Crippen LogP contribution >= 0.6 is 11.6 Å². The molecule has 4 rings (SSSR count). The molecule has 10 heteroatoms. The van der Waals surface area contributed by atoms with Crippen molar-refractivity contribution in [1.82, 2.24) is 0 Å². The SMILES string of the molecule is O=C(Nc1cc([N+](=O)[O-])ccc1Cl)c1ccc(COc2ccc3c(c2)OCO3)o1. The summed E-state index contributed by atoms with van der Waals surface area (Å²) in [4.78, 5) is 22.7. The third kappa shape index (κ3) is 4.09. The molecule has 3 aromatic rings. The van der Waals surface area contributed by atoms with Crippen molar-refractivity contribution in [1.29, 1.82) is 0 Å². The van der Waals surface area contributed by atoms with Crippen LogP contribution in [0, 0.1) is 10.1 Å². The second kappa shape index (κ2) is 7.72. The molecular weight excluding hydrogens is 404 g/mol. The first-order chi connectivity index (χ1) is 14.0. The van der Waals surface area contributed by atoms with E-state index in [4.69, 9.17) is 30.2 Å². The highest BCUT2D eigenvalue weighted by atomic mass is 35.5. The van der Waals surface area contributed by atoms with Crippen LogP contribution in [0.1, 0.15) is 16.3 Å². The van der Waals surface area contributed by atoms with Gasteiger partial charge in [-0.05, 0) is 30.3 Å². The smallest absolute Gasteiger partial charge is 0.291 e. The second-order valence-corrected chi connectivity index (χ2v) is 6.35. The Balaban J connectivity index is 1.40. The number of ether oxygens (including phenoxy) is 3. The minimum Gasteiger partial charge on any atom is -0.486 e. The molecule has 1 aliphatic heterocycles. The summed E-state index contributed by atoms with van der Waals surface area (Å²) in [5.74, 6) is 1.63. The predicted octanol–water partition coefficient (Wildman–Crippen LogP) is 4.40. The third-order valence-electron chi connectivity index (χ3n) is 4.02. The molecule has 9 nitrogen and oxygen atoms in total. The molecular formula is C19H13ClN2O7. The molecule has 0 unspecified atom stereocenters. The number of amides is 1. The van der Waals surface area contributed by atoms with E-state index in [1.807, 2.05) is 0 Å². The Morgan fingerprint density at radius 2 is 1.97 bits per heavy atom. The highest BCUT2D eigenvalue weighted by Crippen LogP contribution is 2.35. The van der Waals surface area contributed by atoms with Gasteiger partial charge in [0.25, 0.3) is 11.6 Å². The Kier molecular flexibility index (Phi) is 4.96. The molecule has 1 aromatic heterocycles. The maximum atomic E-state index is 12.4. The van der Waals surface area contributed by atoms with Crippen LogP contribution in [0.2, 0.25) is 5.02 Å². The zero-order chi connectivity index (χ0) is 20.4. The van der Waals surface area contributed by atoms with Crippen molar-refractivity contribution in [2.75, 3.05) is 12.1 Å². The first kappa shape index (κ1) is 18.6. The summed E-state index contributed by atoms with van der Waals surface area (Å²) in [5.41, 5.74) is -0.0811. The third-order valence-corrected chi connectivity index (χ3v) is 4.35. The van der Waals surface area contributed by atoms with E-state index >= 15 is 0 Å². The van der Waals surface area contributed by atoms with Crippen molar-refractivity contribution in [2.24, 2.45) is 0 Å². The van der Waals surface area contributed by atoms with Crippen LogP contribution in [-0.2, 0) is 6.61 Å². The summed E-state index contributed by atoms with van der Waals surface area (Å²) >= 11 is 5.99. The second-order valence-electron chi connectivity index (χ2n) is 5.95. The number of nitrogens with one attached hydrogen (secondary N) is 1. The lowest BCUT2D eigenvalue weighted by atomic mass is 10.2. The number of furan rings is 1. The molecule has 1 aliphatic rings. The topological polar surface area (TPSA) is 113 Å². The lowest BCUT2D eigenvalue weighted by Crippen LogP contribution is -2.11. The number of nitro benzene ring substituents is 1. The standard InChI is InChI=1S/C19H13ClN2O7/c20-14-4-1-11(22(24)25)7-15(14)21-19(23)17-6-3-13(29-17)9-26-12-2-5-16-18(8-12)28-10-27-16/h1-8H,9-10H2,(H,21,23). The summed E-state index contributed by atoms with van der Waals surface area (Å²) in [5, 5.41) is 13.5. The lowest BCUT2D eigenvalue weighted by Gasteiger charge is -2.06.